The fourth-order valence-electron chi connectivity index (χ4n) is 2.72. The average molecular weight is 385 g/mol. The number of amides is 1. The lowest BCUT2D eigenvalue weighted by molar-refractivity contribution is -0.150. The SMILES string of the molecule is CC[C@H](C)[C@@H](C(=O)OCC(=O)Nc1cc(Cl)ccc1C#N)c1ccccc1. The smallest absolute Gasteiger partial charge is 0.314 e. The van der Waals surface area contributed by atoms with E-state index < -0.39 is 24.4 Å². The molecule has 6 heteroatoms. The number of nitriles is 1. The molecule has 2 aromatic carbocycles. The van der Waals surface area contributed by atoms with Crippen molar-refractivity contribution in [1.29, 1.82) is 5.26 Å². The van der Waals surface area contributed by atoms with Gasteiger partial charge in [-0.15, -0.1) is 0 Å². The third kappa shape index (κ3) is 5.57. The minimum atomic E-state index is -0.530. The van der Waals surface area contributed by atoms with Crippen LogP contribution < -0.4 is 5.32 Å². The molecule has 1 amide bonds. The van der Waals surface area contributed by atoms with E-state index in [-0.39, 0.29) is 17.2 Å². The summed E-state index contributed by atoms with van der Waals surface area (Å²) in [6.07, 6.45) is 0.800. The highest BCUT2D eigenvalue weighted by molar-refractivity contribution is 6.31. The van der Waals surface area contributed by atoms with Crippen molar-refractivity contribution in [3.8, 4) is 6.07 Å². The van der Waals surface area contributed by atoms with Crippen molar-refractivity contribution in [2.24, 2.45) is 5.92 Å². The van der Waals surface area contributed by atoms with Crippen molar-refractivity contribution in [2.45, 2.75) is 26.2 Å². The van der Waals surface area contributed by atoms with E-state index in [1.165, 1.54) is 12.1 Å². The van der Waals surface area contributed by atoms with Gasteiger partial charge in [-0.3, -0.25) is 9.59 Å². The van der Waals surface area contributed by atoms with E-state index in [4.69, 9.17) is 21.6 Å². The van der Waals surface area contributed by atoms with Gasteiger partial charge in [0, 0.05) is 5.02 Å². The van der Waals surface area contributed by atoms with E-state index in [0.717, 1.165) is 12.0 Å². The fraction of sp³-hybridized carbons (Fsp3) is 0.286. The second-order valence-electron chi connectivity index (χ2n) is 6.23. The van der Waals surface area contributed by atoms with Crippen LogP contribution in [0, 0.1) is 17.2 Å². The molecule has 140 valence electrons. The number of anilines is 1. The summed E-state index contributed by atoms with van der Waals surface area (Å²) in [5, 5.41) is 12.0. The monoisotopic (exact) mass is 384 g/mol. The molecule has 0 aliphatic rings. The number of carbonyl (C=O) groups is 2. The van der Waals surface area contributed by atoms with Crippen LogP contribution in [0.5, 0.6) is 0 Å². The van der Waals surface area contributed by atoms with E-state index in [1.807, 2.05) is 50.2 Å². The summed E-state index contributed by atoms with van der Waals surface area (Å²) in [6, 6.07) is 15.9. The minimum absolute atomic E-state index is 0.0704. The van der Waals surface area contributed by atoms with Crippen molar-refractivity contribution < 1.29 is 14.3 Å². The minimum Gasteiger partial charge on any atom is -0.455 e. The molecular weight excluding hydrogens is 364 g/mol. The molecule has 0 spiro atoms. The highest BCUT2D eigenvalue weighted by Crippen LogP contribution is 2.28. The molecule has 27 heavy (non-hydrogen) atoms. The zero-order valence-corrected chi connectivity index (χ0v) is 16.0. The molecule has 0 fully saturated rings. The Labute approximate surface area is 163 Å². The standard InChI is InChI=1S/C21H21ClN2O3/c1-3-14(2)20(15-7-5-4-6-8-15)21(26)27-13-19(25)24-18-11-17(22)10-9-16(18)12-23/h4-11,14,20H,3,13H2,1-2H3,(H,24,25)/t14-,20+/m0/s1. The van der Waals surface area contributed by atoms with Crippen molar-refractivity contribution in [1.82, 2.24) is 0 Å². The van der Waals surface area contributed by atoms with Gasteiger partial charge in [0.25, 0.3) is 5.91 Å². The van der Waals surface area contributed by atoms with Gasteiger partial charge in [0.1, 0.15) is 6.07 Å². The van der Waals surface area contributed by atoms with Crippen LogP contribution in [0.2, 0.25) is 5.02 Å². The number of rotatable bonds is 7. The molecule has 0 aliphatic heterocycles. The van der Waals surface area contributed by atoms with Gasteiger partial charge in [0.05, 0.1) is 17.2 Å². The van der Waals surface area contributed by atoms with Gasteiger partial charge in [-0.05, 0) is 29.7 Å². The molecule has 0 saturated carbocycles. The van der Waals surface area contributed by atoms with Crippen molar-refractivity contribution in [3.63, 3.8) is 0 Å². The summed E-state index contributed by atoms with van der Waals surface area (Å²) in [4.78, 5) is 24.8. The molecule has 1 N–H and O–H groups in total. The summed E-state index contributed by atoms with van der Waals surface area (Å²) in [5.41, 5.74) is 1.42. The van der Waals surface area contributed by atoms with E-state index >= 15 is 0 Å². The zero-order chi connectivity index (χ0) is 19.8. The van der Waals surface area contributed by atoms with E-state index in [1.54, 1.807) is 6.07 Å². The largest absolute Gasteiger partial charge is 0.455 e. The van der Waals surface area contributed by atoms with Crippen LogP contribution in [0.1, 0.15) is 37.3 Å². The van der Waals surface area contributed by atoms with Crippen LogP contribution in [0.25, 0.3) is 0 Å². The zero-order valence-electron chi connectivity index (χ0n) is 15.2. The Bertz CT molecular complexity index is 846. The number of nitrogens with one attached hydrogen (secondary N) is 1. The number of carbonyl (C=O) groups excluding carboxylic acids is 2. The third-order valence-corrected chi connectivity index (χ3v) is 4.58. The van der Waals surface area contributed by atoms with Gasteiger partial charge in [0.15, 0.2) is 6.61 Å². The Kier molecular flexibility index (Phi) is 7.39. The second kappa shape index (κ2) is 9.75. The second-order valence-corrected chi connectivity index (χ2v) is 6.67. The predicted octanol–water partition coefficient (Wildman–Crippen LogP) is 4.52. The maximum Gasteiger partial charge on any atom is 0.314 e. The summed E-state index contributed by atoms with van der Waals surface area (Å²) in [5.74, 6) is -1.35. The van der Waals surface area contributed by atoms with Crippen LogP contribution >= 0.6 is 11.6 Å². The number of hydrogen-bond donors (Lipinski definition) is 1. The Balaban J connectivity index is 2.04. The van der Waals surface area contributed by atoms with Gasteiger partial charge < -0.3 is 10.1 Å². The Morgan fingerprint density at radius 3 is 2.56 bits per heavy atom. The average Bonchev–Trinajstić information content (AvgIpc) is 2.67. The first-order chi connectivity index (χ1) is 13.0. The van der Waals surface area contributed by atoms with E-state index in [0.29, 0.717) is 5.02 Å². The number of nitrogens with zero attached hydrogens (tertiary/aromatic N) is 1. The summed E-state index contributed by atoms with van der Waals surface area (Å²) >= 11 is 5.90. The fourth-order valence-corrected chi connectivity index (χ4v) is 2.90. The van der Waals surface area contributed by atoms with Gasteiger partial charge in [-0.1, -0.05) is 62.2 Å². The molecule has 0 heterocycles. The summed E-state index contributed by atoms with van der Waals surface area (Å²) in [7, 11) is 0. The van der Waals surface area contributed by atoms with Crippen LogP contribution in [-0.4, -0.2) is 18.5 Å². The molecule has 0 aliphatic carbocycles. The number of halogens is 1. The topological polar surface area (TPSA) is 79.2 Å². The van der Waals surface area contributed by atoms with Crippen LogP contribution in [0.3, 0.4) is 0 Å². The van der Waals surface area contributed by atoms with Crippen molar-refractivity contribution in [2.75, 3.05) is 11.9 Å². The molecule has 2 aromatic rings. The van der Waals surface area contributed by atoms with Crippen LogP contribution in [0.4, 0.5) is 5.69 Å². The Morgan fingerprint density at radius 1 is 1.22 bits per heavy atom. The maximum absolute atomic E-state index is 12.6. The van der Waals surface area contributed by atoms with Crippen LogP contribution in [0.15, 0.2) is 48.5 Å². The van der Waals surface area contributed by atoms with Gasteiger partial charge in [-0.2, -0.15) is 5.26 Å². The molecule has 5 nitrogen and oxygen atoms in total. The van der Waals surface area contributed by atoms with Gasteiger partial charge in [-0.25, -0.2) is 0 Å². The lowest BCUT2D eigenvalue weighted by atomic mass is 9.86. The first-order valence-corrected chi connectivity index (χ1v) is 9.05. The highest BCUT2D eigenvalue weighted by atomic mass is 35.5. The summed E-state index contributed by atoms with van der Waals surface area (Å²) in [6.45, 7) is 3.54. The molecular formula is C21H21ClN2O3. The third-order valence-electron chi connectivity index (χ3n) is 4.35. The lowest BCUT2D eigenvalue weighted by Gasteiger charge is -2.21. The quantitative estimate of drug-likeness (QED) is 0.711. The Hall–Kier alpha value is -2.84. The van der Waals surface area contributed by atoms with Crippen LogP contribution in [-0.2, 0) is 14.3 Å². The number of benzene rings is 2. The first kappa shape index (κ1) is 20.5. The Morgan fingerprint density at radius 2 is 1.93 bits per heavy atom. The highest BCUT2D eigenvalue weighted by Gasteiger charge is 2.27. The molecule has 0 unspecified atom stereocenters. The van der Waals surface area contributed by atoms with E-state index in [9.17, 15) is 9.59 Å². The molecule has 0 aromatic heterocycles. The molecule has 2 atom stereocenters. The normalized spacial score (nSPS) is 12.5. The molecule has 0 bridgehead atoms. The van der Waals surface area contributed by atoms with E-state index in [2.05, 4.69) is 5.32 Å². The molecule has 0 radical (unpaired) electrons. The number of hydrogen-bond acceptors (Lipinski definition) is 4. The molecule has 0 saturated heterocycles. The van der Waals surface area contributed by atoms with Gasteiger partial charge >= 0.3 is 5.97 Å². The lowest BCUT2D eigenvalue weighted by Crippen LogP contribution is -2.27. The van der Waals surface area contributed by atoms with Crippen molar-refractivity contribution >= 4 is 29.2 Å². The summed E-state index contributed by atoms with van der Waals surface area (Å²) < 4.78 is 5.25. The number of ether oxygens (including phenoxy) is 1. The van der Waals surface area contributed by atoms with Gasteiger partial charge in [0.2, 0.25) is 0 Å². The number of esters is 1. The predicted molar refractivity (Wildman–Crippen MR) is 104 cm³/mol. The maximum atomic E-state index is 12.6. The van der Waals surface area contributed by atoms with Crippen molar-refractivity contribution in [3.05, 3.63) is 64.7 Å². The first-order valence-electron chi connectivity index (χ1n) is 8.67. The molecule has 2 rings (SSSR count).